The molecule has 100 valence electrons. The van der Waals surface area contributed by atoms with Gasteiger partial charge in [0, 0.05) is 5.56 Å². The second-order valence-corrected chi connectivity index (χ2v) is 5.01. The highest BCUT2D eigenvalue weighted by Gasteiger charge is 2.09. The predicted molar refractivity (Wildman–Crippen MR) is 86.1 cm³/mol. The number of rotatable bonds is 2. The van der Waals surface area contributed by atoms with Gasteiger partial charge in [-0.25, -0.2) is 4.98 Å². The third kappa shape index (κ3) is 2.01. The van der Waals surface area contributed by atoms with Crippen molar-refractivity contribution in [1.82, 2.24) is 9.38 Å². The zero-order chi connectivity index (χ0) is 14.1. The summed E-state index contributed by atoms with van der Waals surface area (Å²) < 4.78 is 2.13. The molecule has 0 spiro atoms. The van der Waals surface area contributed by atoms with E-state index in [1.807, 2.05) is 18.6 Å². The van der Waals surface area contributed by atoms with Crippen molar-refractivity contribution in [3.05, 3.63) is 85.3 Å². The van der Waals surface area contributed by atoms with Crippen molar-refractivity contribution in [3.8, 4) is 22.4 Å². The first-order valence-corrected chi connectivity index (χ1v) is 6.99. The Kier molecular flexibility index (Phi) is 2.79. The summed E-state index contributed by atoms with van der Waals surface area (Å²) in [7, 11) is 0. The number of pyridine rings is 1. The van der Waals surface area contributed by atoms with Crippen LogP contribution in [0.1, 0.15) is 0 Å². The Morgan fingerprint density at radius 1 is 0.667 bits per heavy atom. The van der Waals surface area contributed by atoms with Crippen LogP contribution in [0.2, 0.25) is 0 Å². The number of hydrogen-bond donors (Lipinski definition) is 0. The summed E-state index contributed by atoms with van der Waals surface area (Å²) in [6.07, 6.45) is 3.75. The summed E-state index contributed by atoms with van der Waals surface area (Å²) in [6.45, 7) is 0. The highest BCUT2D eigenvalue weighted by molar-refractivity contribution is 5.82. The average Bonchev–Trinajstić information content (AvgIpc) is 3.04. The maximum atomic E-state index is 4.25. The quantitative estimate of drug-likeness (QED) is 0.517. The van der Waals surface area contributed by atoms with E-state index in [1.165, 1.54) is 16.7 Å². The molecular formula is C19H14N2. The first kappa shape index (κ1) is 11.9. The lowest BCUT2D eigenvalue weighted by atomic mass is 9.97. The third-order valence-corrected chi connectivity index (χ3v) is 3.74. The van der Waals surface area contributed by atoms with Gasteiger partial charge in [0.15, 0.2) is 0 Å². The molecule has 2 heteroatoms. The molecule has 21 heavy (non-hydrogen) atoms. The molecule has 0 amide bonds. The summed E-state index contributed by atoms with van der Waals surface area (Å²) >= 11 is 0. The molecule has 0 saturated heterocycles. The van der Waals surface area contributed by atoms with Gasteiger partial charge in [0.05, 0.1) is 23.7 Å². The van der Waals surface area contributed by atoms with E-state index in [2.05, 4.69) is 76.1 Å². The molecule has 0 saturated carbocycles. The lowest BCUT2D eigenvalue weighted by molar-refractivity contribution is 1.16. The lowest BCUT2D eigenvalue weighted by Crippen LogP contribution is -1.92. The first-order valence-electron chi connectivity index (χ1n) is 6.99. The van der Waals surface area contributed by atoms with Gasteiger partial charge in [0.25, 0.3) is 0 Å². The van der Waals surface area contributed by atoms with Crippen LogP contribution in [0.4, 0.5) is 0 Å². The van der Waals surface area contributed by atoms with Crippen molar-refractivity contribution in [2.45, 2.75) is 0 Å². The summed E-state index contributed by atoms with van der Waals surface area (Å²) in [5.74, 6) is 0. The van der Waals surface area contributed by atoms with Gasteiger partial charge in [-0.3, -0.25) is 4.40 Å². The van der Waals surface area contributed by atoms with Crippen molar-refractivity contribution >= 4 is 5.52 Å². The second-order valence-electron chi connectivity index (χ2n) is 5.01. The van der Waals surface area contributed by atoms with Crippen molar-refractivity contribution in [3.63, 3.8) is 0 Å². The van der Waals surface area contributed by atoms with Crippen LogP contribution >= 0.6 is 0 Å². The van der Waals surface area contributed by atoms with E-state index in [4.69, 9.17) is 0 Å². The molecule has 0 aliphatic rings. The first-order chi connectivity index (χ1) is 10.4. The van der Waals surface area contributed by atoms with Gasteiger partial charge in [-0.2, -0.15) is 0 Å². The SMILES string of the molecule is c1ccc(-c2ccccc2-c2cccc3cncn23)cc1. The maximum Gasteiger partial charge on any atom is 0.0997 e. The van der Waals surface area contributed by atoms with E-state index >= 15 is 0 Å². The van der Waals surface area contributed by atoms with Crippen molar-refractivity contribution in [2.75, 3.05) is 0 Å². The smallest absolute Gasteiger partial charge is 0.0997 e. The zero-order valence-electron chi connectivity index (χ0n) is 11.5. The fourth-order valence-corrected chi connectivity index (χ4v) is 2.74. The van der Waals surface area contributed by atoms with Crippen LogP contribution in [0.25, 0.3) is 27.9 Å². The molecule has 0 radical (unpaired) electrons. The normalized spacial score (nSPS) is 10.9. The average molecular weight is 270 g/mol. The van der Waals surface area contributed by atoms with Crippen LogP contribution < -0.4 is 0 Å². The number of aromatic nitrogens is 2. The zero-order valence-corrected chi connectivity index (χ0v) is 11.5. The van der Waals surface area contributed by atoms with Crippen LogP contribution in [-0.2, 0) is 0 Å². The van der Waals surface area contributed by atoms with Crippen molar-refractivity contribution in [2.24, 2.45) is 0 Å². The van der Waals surface area contributed by atoms with E-state index < -0.39 is 0 Å². The van der Waals surface area contributed by atoms with Gasteiger partial charge in [0.2, 0.25) is 0 Å². The van der Waals surface area contributed by atoms with Crippen molar-refractivity contribution < 1.29 is 0 Å². The summed E-state index contributed by atoms with van der Waals surface area (Å²) in [5.41, 5.74) is 5.94. The van der Waals surface area contributed by atoms with E-state index in [0.717, 1.165) is 11.2 Å². The largest absolute Gasteiger partial charge is 0.299 e. The number of fused-ring (bicyclic) bond motifs is 1. The number of hydrogen-bond acceptors (Lipinski definition) is 1. The molecule has 2 nitrogen and oxygen atoms in total. The second kappa shape index (κ2) is 4.91. The molecule has 2 heterocycles. The van der Waals surface area contributed by atoms with Gasteiger partial charge in [-0.15, -0.1) is 0 Å². The van der Waals surface area contributed by atoms with Crippen LogP contribution in [0.5, 0.6) is 0 Å². The molecule has 0 bridgehead atoms. The molecule has 0 atom stereocenters. The minimum atomic E-state index is 1.11. The predicted octanol–water partition coefficient (Wildman–Crippen LogP) is 4.67. The Hall–Kier alpha value is -2.87. The van der Waals surface area contributed by atoms with Crippen LogP contribution in [-0.4, -0.2) is 9.38 Å². The van der Waals surface area contributed by atoms with Gasteiger partial charge >= 0.3 is 0 Å². The van der Waals surface area contributed by atoms with Gasteiger partial charge in [-0.05, 0) is 23.3 Å². The van der Waals surface area contributed by atoms with Gasteiger partial charge in [-0.1, -0.05) is 60.7 Å². The molecule has 0 N–H and O–H groups in total. The molecule has 0 aliphatic heterocycles. The van der Waals surface area contributed by atoms with Crippen LogP contribution in [0.15, 0.2) is 85.3 Å². The standard InChI is InChI=1S/C19H14N2/c1-2-7-15(8-3-1)17-10-4-5-11-18(17)19-12-6-9-16-13-20-14-21(16)19/h1-14H. The molecule has 2 aromatic heterocycles. The molecule has 0 unspecified atom stereocenters. The Morgan fingerprint density at radius 2 is 1.43 bits per heavy atom. The van der Waals surface area contributed by atoms with Crippen molar-refractivity contribution in [1.29, 1.82) is 0 Å². The van der Waals surface area contributed by atoms with E-state index in [9.17, 15) is 0 Å². The molecule has 4 aromatic rings. The molecule has 0 aliphatic carbocycles. The monoisotopic (exact) mass is 270 g/mol. The number of nitrogens with zero attached hydrogens (tertiary/aromatic N) is 2. The summed E-state index contributed by atoms with van der Waals surface area (Å²) in [6, 6.07) is 25.3. The van der Waals surface area contributed by atoms with E-state index in [1.54, 1.807) is 0 Å². The Balaban J connectivity index is 2.00. The van der Waals surface area contributed by atoms with Crippen LogP contribution in [0.3, 0.4) is 0 Å². The molecule has 2 aromatic carbocycles. The minimum absolute atomic E-state index is 1.11. The fraction of sp³-hybridized carbons (Fsp3) is 0. The van der Waals surface area contributed by atoms with Crippen LogP contribution in [0, 0.1) is 0 Å². The Labute approximate surface area is 123 Å². The third-order valence-electron chi connectivity index (χ3n) is 3.74. The summed E-state index contributed by atoms with van der Waals surface area (Å²) in [4.78, 5) is 4.25. The fourth-order valence-electron chi connectivity index (χ4n) is 2.74. The van der Waals surface area contributed by atoms with E-state index in [0.29, 0.717) is 0 Å². The highest BCUT2D eigenvalue weighted by atomic mass is 15.0. The topological polar surface area (TPSA) is 17.3 Å². The molecule has 4 rings (SSSR count). The molecular weight excluding hydrogens is 256 g/mol. The highest BCUT2D eigenvalue weighted by Crippen LogP contribution is 2.32. The Morgan fingerprint density at radius 3 is 2.29 bits per heavy atom. The summed E-state index contributed by atoms with van der Waals surface area (Å²) in [5, 5.41) is 0. The minimum Gasteiger partial charge on any atom is -0.299 e. The number of benzene rings is 2. The number of imidazole rings is 1. The maximum absolute atomic E-state index is 4.25. The van der Waals surface area contributed by atoms with E-state index in [-0.39, 0.29) is 0 Å². The van der Waals surface area contributed by atoms with Gasteiger partial charge in [0.1, 0.15) is 0 Å². The molecule has 0 fully saturated rings. The Bertz CT molecular complexity index is 892. The van der Waals surface area contributed by atoms with Gasteiger partial charge < -0.3 is 0 Å². The lowest BCUT2D eigenvalue weighted by Gasteiger charge is -2.12.